The van der Waals surface area contributed by atoms with Gasteiger partial charge in [-0.1, -0.05) is 18.2 Å². The molecule has 156 valence electrons. The quantitative estimate of drug-likeness (QED) is 0.591. The number of methoxy groups -OCH3 is 1. The molecule has 3 aromatic rings. The molecule has 1 saturated heterocycles. The van der Waals surface area contributed by atoms with Crippen LogP contribution in [0, 0.1) is 0 Å². The Morgan fingerprint density at radius 3 is 2.48 bits per heavy atom. The van der Waals surface area contributed by atoms with E-state index in [-0.39, 0.29) is 11.4 Å². The van der Waals surface area contributed by atoms with Crippen molar-refractivity contribution >= 4 is 40.6 Å². The van der Waals surface area contributed by atoms with E-state index in [9.17, 15) is 14.4 Å². The molecule has 0 radical (unpaired) electrons. The molecule has 1 aliphatic heterocycles. The minimum atomic E-state index is -0.485. The summed E-state index contributed by atoms with van der Waals surface area (Å²) in [4.78, 5) is 38.7. The molecule has 0 saturated carbocycles. The zero-order chi connectivity index (χ0) is 21.8. The number of rotatable bonds is 6. The van der Waals surface area contributed by atoms with E-state index < -0.39 is 17.1 Å². The Morgan fingerprint density at radius 2 is 1.77 bits per heavy atom. The second kappa shape index (κ2) is 8.93. The average Bonchev–Trinajstić information content (AvgIpc) is 3.35. The largest absolute Gasteiger partial charge is 0.497 e. The zero-order valence-corrected chi connectivity index (χ0v) is 17.5. The number of hydrogen-bond acceptors (Lipinski definition) is 5. The van der Waals surface area contributed by atoms with E-state index in [1.54, 1.807) is 37.5 Å². The smallest absolute Gasteiger partial charge is 0.294 e. The van der Waals surface area contributed by atoms with Gasteiger partial charge in [-0.25, -0.2) is 0 Å². The number of nitrogens with one attached hydrogen (secondary N) is 1. The predicted molar refractivity (Wildman–Crippen MR) is 120 cm³/mol. The number of hydrogen-bond donors (Lipinski definition) is 1. The first-order valence-electron chi connectivity index (χ1n) is 9.47. The molecule has 0 unspecified atom stereocenters. The topological polar surface area (TPSA) is 80.6 Å². The lowest BCUT2D eigenvalue weighted by Crippen LogP contribution is -2.36. The minimum Gasteiger partial charge on any atom is -0.497 e. The van der Waals surface area contributed by atoms with Crippen LogP contribution in [0.1, 0.15) is 5.69 Å². The number of para-hydroxylation sites is 1. The van der Waals surface area contributed by atoms with Crippen molar-refractivity contribution in [3.63, 3.8) is 0 Å². The predicted octanol–water partition coefficient (Wildman–Crippen LogP) is 4.16. The molecule has 0 aliphatic carbocycles. The van der Waals surface area contributed by atoms with Crippen molar-refractivity contribution < 1.29 is 19.1 Å². The normalized spacial score (nSPS) is 14.9. The number of aromatic nitrogens is 1. The first-order valence-corrected chi connectivity index (χ1v) is 10.3. The number of benzene rings is 2. The van der Waals surface area contributed by atoms with Gasteiger partial charge in [0.05, 0.1) is 12.0 Å². The van der Waals surface area contributed by atoms with Gasteiger partial charge in [0.15, 0.2) is 0 Å². The minimum absolute atomic E-state index is 0.276. The summed E-state index contributed by atoms with van der Waals surface area (Å²) in [5.41, 5.74) is 2.25. The van der Waals surface area contributed by atoms with Gasteiger partial charge in [0, 0.05) is 23.3 Å². The van der Waals surface area contributed by atoms with Gasteiger partial charge in [0.2, 0.25) is 5.91 Å². The van der Waals surface area contributed by atoms with E-state index in [4.69, 9.17) is 4.74 Å². The fourth-order valence-corrected chi connectivity index (χ4v) is 3.95. The molecule has 1 aliphatic rings. The molecule has 2 aromatic carbocycles. The number of carbonyl (C=O) groups is 3. The third kappa shape index (κ3) is 4.54. The summed E-state index contributed by atoms with van der Waals surface area (Å²) >= 11 is 0.826. The van der Waals surface area contributed by atoms with Crippen LogP contribution in [0.3, 0.4) is 0 Å². The maximum atomic E-state index is 12.8. The standard InChI is InChI=1S/C23H19N3O4S/c1-30-19-11-9-16(10-12-19)24-21(27)15-26-22(28)20(31-23(26)29)14-18-8-5-13-25(18)17-6-3-2-4-7-17/h2-14H,15H2,1H3,(H,24,27)/b20-14+. The van der Waals surface area contributed by atoms with Gasteiger partial charge in [-0.3, -0.25) is 19.3 Å². The summed E-state index contributed by atoms with van der Waals surface area (Å²) in [5, 5.41) is 2.21. The maximum Gasteiger partial charge on any atom is 0.294 e. The van der Waals surface area contributed by atoms with Crippen molar-refractivity contribution in [2.45, 2.75) is 0 Å². The van der Waals surface area contributed by atoms with Crippen LogP contribution in [0.5, 0.6) is 5.75 Å². The van der Waals surface area contributed by atoms with E-state index >= 15 is 0 Å². The van der Waals surface area contributed by atoms with Crippen LogP contribution in [-0.4, -0.2) is 40.2 Å². The molecular formula is C23H19N3O4S. The molecule has 0 bridgehead atoms. The first-order chi connectivity index (χ1) is 15.0. The lowest BCUT2D eigenvalue weighted by atomic mass is 10.3. The summed E-state index contributed by atoms with van der Waals surface area (Å²) in [6.07, 6.45) is 3.55. The summed E-state index contributed by atoms with van der Waals surface area (Å²) < 4.78 is 7.00. The van der Waals surface area contributed by atoms with E-state index in [1.807, 2.05) is 53.2 Å². The van der Waals surface area contributed by atoms with Crippen LogP contribution in [0.4, 0.5) is 10.5 Å². The number of ether oxygens (including phenoxy) is 1. The summed E-state index contributed by atoms with van der Waals surface area (Å²) in [6.45, 7) is -0.353. The van der Waals surface area contributed by atoms with Crippen molar-refractivity contribution in [2.75, 3.05) is 19.0 Å². The second-order valence-electron chi connectivity index (χ2n) is 6.68. The molecule has 4 rings (SSSR count). The Morgan fingerprint density at radius 1 is 1.03 bits per heavy atom. The molecule has 1 N–H and O–H groups in total. The molecule has 2 heterocycles. The van der Waals surface area contributed by atoms with Gasteiger partial charge in [0.1, 0.15) is 12.3 Å². The van der Waals surface area contributed by atoms with Crippen LogP contribution >= 0.6 is 11.8 Å². The molecule has 7 nitrogen and oxygen atoms in total. The SMILES string of the molecule is COc1ccc(NC(=O)CN2C(=O)S/C(=C/c3cccn3-c3ccccc3)C2=O)cc1. The van der Waals surface area contributed by atoms with Crippen molar-refractivity contribution in [1.82, 2.24) is 9.47 Å². The van der Waals surface area contributed by atoms with Gasteiger partial charge in [-0.15, -0.1) is 0 Å². The van der Waals surface area contributed by atoms with Crippen molar-refractivity contribution in [1.29, 1.82) is 0 Å². The van der Waals surface area contributed by atoms with Gasteiger partial charge >= 0.3 is 0 Å². The number of imide groups is 1. The number of anilines is 1. The molecule has 1 fully saturated rings. The van der Waals surface area contributed by atoms with Gasteiger partial charge in [0.25, 0.3) is 11.1 Å². The summed E-state index contributed by atoms with van der Waals surface area (Å²) in [6, 6.07) is 20.2. The molecule has 8 heteroatoms. The lowest BCUT2D eigenvalue weighted by molar-refractivity contribution is -0.127. The average molecular weight is 433 g/mol. The number of thioether (sulfide) groups is 1. The Balaban J connectivity index is 1.47. The van der Waals surface area contributed by atoms with E-state index in [2.05, 4.69) is 5.32 Å². The summed E-state index contributed by atoms with van der Waals surface area (Å²) in [7, 11) is 1.55. The van der Waals surface area contributed by atoms with Crippen LogP contribution < -0.4 is 10.1 Å². The molecular weight excluding hydrogens is 414 g/mol. The number of nitrogens with zero attached hydrogens (tertiary/aromatic N) is 2. The highest BCUT2D eigenvalue weighted by molar-refractivity contribution is 8.18. The van der Waals surface area contributed by atoms with Gasteiger partial charge < -0.3 is 14.6 Å². The Kier molecular flexibility index (Phi) is 5.90. The first kappa shape index (κ1) is 20.5. The molecule has 0 atom stereocenters. The van der Waals surface area contributed by atoms with Gasteiger partial charge in [-0.05, 0) is 66.4 Å². The number of amides is 3. The highest BCUT2D eigenvalue weighted by atomic mass is 32.2. The molecule has 0 spiro atoms. The summed E-state index contributed by atoms with van der Waals surface area (Å²) in [5.74, 6) is -0.281. The van der Waals surface area contributed by atoms with Crippen molar-refractivity contribution in [3.8, 4) is 11.4 Å². The molecule has 31 heavy (non-hydrogen) atoms. The fourth-order valence-electron chi connectivity index (χ4n) is 3.12. The number of carbonyl (C=O) groups excluding carboxylic acids is 3. The third-order valence-electron chi connectivity index (χ3n) is 4.64. The van der Waals surface area contributed by atoms with Crippen LogP contribution in [-0.2, 0) is 9.59 Å². The van der Waals surface area contributed by atoms with Crippen molar-refractivity contribution in [2.24, 2.45) is 0 Å². The Bertz CT molecular complexity index is 1150. The van der Waals surface area contributed by atoms with E-state index in [1.165, 1.54) is 0 Å². The van der Waals surface area contributed by atoms with Crippen LogP contribution in [0.25, 0.3) is 11.8 Å². The second-order valence-corrected chi connectivity index (χ2v) is 7.68. The van der Waals surface area contributed by atoms with E-state index in [0.29, 0.717) is 11.4 Å². The molecule has 1 aromatic heterocycles. The third-order valence-corrected chi connectivity index (χ3v) is 5.55. The Hall–Kier alpha value is -3.78. The highest BCUT2D eigenvalue weighted by Crippen LogP contribution is 2.32. The lowest BCUT2D eigenvalue weighted by Gasteiger charge is -2.12. The van der Waals surface area contributed by atoms with Crippen LogP contribution in [0.2, 0.25) is 0 Å². The van der Waals surface area contributed by atoms with Gasteiger partial charge in [-0.2, -0.15) is 0 Å². The van der Waals surface area contributed by atoms with Crippen molar-refractivity contribution in [3.05, 3.63) is 83.5 Å². The molecule has 3 amide bonds. The van der Waals surface area contributed by atoms with Crippen LogP contribution in [0.15, 0.2) is 77.8 Å². The Labute approximate surface area is 183 Å². The van der Waals surface area contributed by atoms with E-state index in [0.717, 1.165) is 28.0 Å². The monoisotopic (exact) mass is 433 g/mol. The fraction of sp³-hybridized carbons (Fsp3) is 0.0870. The highest BCUT2D eigenvalue weighted by Gasteiger charge is 2.36. The maximum absolute atomic E-state index is 12.8. The zero-order valence-electron chi connectivity index (χ0n) is 16.6.